The molecule has 0 aliphatic heterocycles. The third kappa shape index (κ3) is 4.20. The molecule has 0 aliphatic rings. The number of ether oxygens (including phenoxy) is 2. The van der Waals surface area contributed by atoms with Gasteiger partial charge in [0.1, 0.15) is 17.9 Å². The van der Waals surface area contributed by atoms with Gasteiger partial charge in [0.25, 0.3) is 0 Å². The summed E-state index contributed by atoms with van der Waals surface area (Å²) in [4.78, 5) is 22.4. The molecule has 1 aromatic rings. The lowest BCUT2D eigenvalue weighted by Crippen LogP contribution is -2.40. The Morgan fingerprint density at radius 3 is 2.30 bits per heavy atom. The summed E-state index contributed by atoms with van der Waals surface area (Å²) in [7, 11) is -1.60. The molecule has 0 heterocycles. The third-order valence-electron chi connectivity index (χ3n) is 3.05. The number of benzene rings is 1. The summed E-state index contributed by atoms with van der Waals surface area (Å²) in [5, 5.41) is 8.91. The Kier molecular flexibility index (Phi) is 6.11. The van der Waals surface area contributed by atoms with E-state index in [1.165, 1.54) is 19.2 Å². The Hall–Kier alpha value is -2.13. The fraction of sp³-hybridized carbons (Fsp3) is 0.429. The summed E-state index contributed by atoms with van der Waals surface area (Å²) in [6.45, 7) is 2.44. The first kappa shape index (κ1) is 18.9. The van der Waals surface area contributed by atoms with Gasteiger partial charge in [0.15, 0.2) is 0 Å². The summed E-state index contributed by atoms with van der Waals surface area (Å²) < 4.78 is 35.7. The van der Waals surface area contributed by atoms with Gasteiger partial charge in [-0.15, -0.1) is 0 Å². The van der Waals surface area contributed by atoms with E-state index >= 15 is 0 Å². The highest BCUT2D eigenvalue weighted by molar-refractivity contribution is 7.89. The number of aliphatic carboxylic acids is 1. The van der Waals surface area contributed by atoms with E-state index in [9.17, 15) is 18.0 Å². The molecule has 1 rings (SSSR count). The number of carbonyl (C=O) groups is 2. The van der Waals surface area contributed by atoms with Gasteiger partial charge < -0.3 is 14.6 Å². The van der Waals surface area contributed by atoms with Gasteiger partial charge in [0.2, 0.25) is 10.0 Å². The number of nitrogens with zero attached hydrogens (tertiary/aromatic N) is 1. The fourth-order valence-corrected chi connectivity index (χ4v) is 3.54. The number of hydrogen-bond acceptors (Lipinski definition) is 6. The van der Waals surface area contributed by atoms with Crippen molar-refractivity contribution in [3.8, 4) is 5.75 Å². The van der Waals surface area contributed by atoms with E-state index < -0.39 is 34.5 Å². The van der Waals surface area contributed by atoms with Crippen LogP contribution in [0.1, 0.15) is 24.2 Å². The van der Waals surface area contributed by atoms with E-state index in [1.807, 2.05) is 0 Å². The van der Waals surface area contributed by atoms with Gasteiger partial charge >= 0.3 is 11.9 Å². The Labute approximate surface area is 134 Å². The van der Waals surface area contributed by atoms with Gasteiger partial charge in [-0.25, -0.2) is 13.2 Å². The van der Waals surface area contributed by atoms with Crippen LogP contribution in [0.5, 0.6) is 5.75 Å². The van der Waals surface area contributed by atoms with E-state index in [4.69, 9.17) is 9.84 Å². The van der Waals surface area contributed by atoms with Crippen LogP contribution in [0, 0.1) is 0 Å². The maximum atomic E-state index is 12.6. The zero-order valence-corrected chi connectivity index (χ0v) is 14.1. The van der Waals surface area contributed by atoms with Crippen LogP contribution >= 0.6 is 0 Å². The molecule has 0 saturated carbocycles. The Bertz CT molecular complexity index is 697. The summed E-state index contributed by atoms with van der Waals surface area (Å²) in [5.74, 6) is -1.87. The van der Waals surface area contributed by atoms with Crippen molar-refractivity contribution >= 4 is 22.0 Å². The molecule has 8 nitrogen and oxygen atoms in total. The number of sulfonamides is 1. The molecule has 0 unspecified atom stereocenters. The normalized spacial score (nSPS) is 11.6. The molecule has 0 aliphatic carbocycles. The molecule has 9 heteroatoms. The zero-order chi connectivity index (χ0) is 17.8. The van der Waals surface area contributed by atoms with Crippen LogP contribution in [-0.2, 0) is 19.6 Å². The van der Waals surface area contributed by atoms with Crippen molar-refractivity contribution < 1.29 is 32.6 Å². The molecular formula is C14H19NO7S. The Balaban J connectivity index is 3.42. The van der Waals surface area contributed by atoms with Gasteiger partial charge in [-0.1, -0.05) is 0 Å². The highest BCUT2D eigenvalue weighted by Crippen LogP contribution is 2.26. The van der Waals surface area contributed by atoms with Crippen molar-refractivity contribution in [2.24, 2.45) is 0 Å². The molecule has 0 spiro atoms. The number of methoxy groups -OCH3 is 2. The van der Waals surface area contributed by atoms with Crippen molar-refractivity contribution in [1.82, 2.24) is 4.31 Å². The average molecular weight is 345 g/mol. The number of esters is 1. The smallest absolute Gasteiger partial charge is 0.341 e. The molecule has 0 bridgehead atoms. The summed E-state index contributed by atoms with van der Waals surface area (Å²) in [6.07, 6.45) is 0. The molecule has 0 saturated heterocycles. The Morgan fingerprint density at radius 1 is 1.26 bits per heavy atom. The molecule has 128 valence electrons. The second kappa shape index (κ2) is 7.42. The lowest BCUT2D eigenvalue weighted by molar-refractivity contribution is -0.137. The maximum Gasteiger partial charge on any atom is 0.341 e. The minimum absolute atomic E-state index is 0.0601. The van der Waals surface area contributed by atoms with Crippen LogP contribution in [0.15, 0.2) is 23.1 Å². The molecule has 0 atom stereocenters. The van der Waals surface area contributed by atoms with Gasteiger partial charge in [0, 0.05) is 6.04 Å². The minimum Gasteiger partial charge on any atom is -0.496 e. The number of carboxylic acid groups (broad SMARTS) is 1. The van der Waals surface area contributed by atoms with Gasteiger partial charge in [-0.2, -0.15) is 4.31 Å². The fourth-order valence-electron chi connectivity index (χ4n) is 1.93. The van der Waals surface area contributed by atoms with Crippen molar-refractivity contribution in [2.45, 2.75) is 24.8 Å². The van der Waals surface area contributed by atoms with Crippen LogP contribution in [0.2, 0.25) is 0 Å². The number of hydrogen-bond donors (Lipinski definition) is 1. The van der Waals surface area contributed by atoms with Crippen LogP contribution in [0.25, 0.3) is 0 Å². The molecule has 0 amide bonds. The van der Waals surface area contributed by atoms with E-state index in [2.05, 4.69) is 4.74 Å². The lowest BCUT2D eigenvalue weighted by Gasteiger charge is -2.24. The first-order valence-electron chi connectivity index (χ1n) is 6.65. The highest BCUT2D eigenvalue weighted by Gasteiger charge is 2.30. The molecule has 1 aromatic carbocycles. The number of carbonyl (C=O) groups excluding carboxylic acids is 1. The van der Waals surface area contributed by atoms with E-state index in [-0.39, 0.29) is 16.2 Å². The monoisotopic (exact) mass is 345 g/mol. The van der Waals surface area contributed by atoms with Crippen molar-refractivity contribution in [2.75, 3.05) is 20.8 Å². The number of rotatable bonds is 7. The largest absolute Gasteiger partial charge is 0.496 e. The highest BCUT2D eigenvalue weighted by atomic mass is 32.2. The minimum atomic E-state index is -4.10. The third-order valence-corrected chi connectivity index (χ3v) is 5.07. The quantitative estimate of drug-likeness (QED) is 0.733. The lowest BCUT2D eigenvalue weighted by atomic mass is 10.2. The van der Waals surface area contributed by atoms with Crippen molar-refractivity contribution in [1.29, 1.82) is 0 Å². The topological polar surface area (TPSA) is 110 Å². The standard InChI is InChI=1S/C14H19NO7S/c1-9(2)15(8-13(16)17)23(19,20)10-5-6-12(21-3)11(7-10)14(18)22-4/h5-7,9H,8H2,1-4H3,(H,16,17). The SMILES string of the molecule is COC(=O)c1cc(S(=O)(=O)N(CC(=O)O)C(C)C)ccc1OC. The van der Waals surface area contributed by atoms with Gasteiger partial charge in [0.05, 0.1) is 19.1 Å². The molecular weight excluding hydrogens is 326 g/mol. The molecule has 0 radical (unpaired) electrons. The van der Waals surface area contributed by atoms with E-state index in [1.54, 1.807) is 13.8 Å². The van der Waals surface area contributed by atoms with Crippen molar-refractivity contribution in [3.05, 3.63) is 23.8 Å². The van der Waals surface area contributed by atoms with E-state index in [0.717, 1.165) is 17.5 Å². The molecule has 23 heavy (non-hydrogen) atoms. The van der Waals surface area contributed by atoms with Crippen molar-refractivity contribution in [3.63, 3.8) is 0 Å². The van der Waals surface area contributed by atoms with Crippen LogP contribution in [0.4, 0.5) is 0 Å². The first-order valence-corrected chi connectivity index (χ1v) is 8.09. The predicted octanol–water partition coefficient (Wildman–Crippen LogP) is 0.966. The molecule has 0 aromatic heterocycles. The Morgan fingerprint density at radius 2 is 1.87 bits per heavy atom. The second-order valence-corrected chi connectivity index (χ2v) is 6.78. The summed E-state index contributed by atoms with van der Waals surface area (Å²) in [6, 6.07) is 3.10. The maximum absolute atomic E-state index is 12.6. The first-order chi connectivity index (χ1) is 10.6. The van der Waals surface area contributed by atoms with Crippen LogP contribution in [0.3, 0.4) is 0 Å². The van der Waals surface area contributed by atoms with Gasteiger partial charge in [-0.05, 0) is 32.0 Å². The predicted molar refractivity (Wildman–Crippen MR) is 81.0 cm³/mol. The summed E-state index contributed by atoms with van der Waals surface area (Å²) >= 11 is 0. The average Bonchev–Trinajstić information content (AvgIpc) is 2.50. The van der Waals surface area contributed by atoms with E-state index in [0.29, 0.717) is 0 Å². The summed E-state index contributed by atoms with van der Waals surface area (Å²) in [5.41, 5.74) is -0.0601. The van der Waals surface area contributed by atoms with Crippen LogP contribution < -0.4 is 4.74 Å². The van der Waals surface area contributed by atoms with Gasteiger partial charge in [-0.3, -0.25) is 4.79 Å². The molecule has 1 N–H and O–H groups in total. The second-order valence-electron chi connectivity index (χ2n) is 4.89. The van der Waals surface area contributed by atoms with Crippen LogP contribution in [-0.4, -0.2) is 56.6 Å². The zero-order valence-electron chi connectivity index (χ0n) is 13.3. The molecule has 0 fully saturated rings. The number of carboxylic acids is 1.